The van der Waals surface area contributed by atoms with Crippen LogP contribution < -0.4 is 0 Å². The van der Waals surface area contributed by atoms with Gasteiger partial charge in [0.25, 0.3) is 0 Å². The number of rotatable bonds is 6. The van der Waals surface area contributed by atoms with Gasteiger partial charge in [0.1, 0.15) is 5.76 Å². The van der Waals surface area contributed by atoms with Crippen LogP contribution in [-0.4, -0.2) is 48.0 Å². The Bertz CT molecular complexity index is 753. The number of carbonyl (C=O) groups is 1. The van der Waals surface area contributed by atoms with Crippen molar-refractivity contribution in [2.45, 2.75) is 39.0 Å². The Morgan fingerprint density at radius 1 is 1.19 bits per heavy atom. The average molecular weight is 368 g/mol. The van der Waals surface area contributed by atoms with E-state index < -0.39 is 0 Å². The van der Waals surface area contributed by atoms with Gasteiger partial charge in [-0.25, -0.2) is 0 Å². The molecular weight excluding hydrogens is 340 g/mol. The van der Waals surface area contributed by atoms with Gasteiger partial charge in [-0.2, -0.15) is 0 Å². The maximum absolute atomic E-state index is 12.8. The van der Waals surface area contributed by atoms with Crippen LogP contribution in [0.1, 0.15) is 29.7 Å². The number of likely N-dealkylation sites (tertiary alicyclic amines) is 2. The number of amides is 1. The largest absolute Gasteiger partial charge is 0.468 e. The fourth-order valence-corrected chi connectivity index (χ4v) is 3.99. The van der Waals surface area contributed by atoms with Crippen LogP contribution in [0.4, 0.5) is 0 Å². The average Bonchev–Trinajstić information content (AvgIpc) is 3.15. The molecule has 0 unspecified atom stereocenters. The second-order valence-electron chi connectivity index (χ2n) is 7.76. The first kappa shape index (κ1) is 18.3. The zero-order valence-corrected chi connectivity index (χ0v) is 16.0. The molecule has 1 aromatic carbocycles. The molecule has 2 aliphatic heterocycles. The molecule has 0 aliphatic carbocycles. The number of nitrogens with zero attached hydrogens (tertiary/aromatic N) is 2. The van der Waals surface area contributed by atoms with Crippen molar-refractivity contribution in [1.29, 1.82) is 0 Å². The lowest BCUT2D eigenvalue weighted by Crippen LogP contribution is -2.57. The summed E-state index contributed by atoms with van der Waals surface area (Å²) in [5, 5.41) is 0. The van der Waals surface area contributed by atoms with Crippen LogP contribution in [0.5, 0.6) is 0 Å². The van der Waals surface area contributed by atoms with Gasteiger partial charge in [0, 0.05) is 19.6 Å². The number of aryl methyl sites for hydroxylation is 1. The van der Waals surface area contributed by atoms with Crippen LogP contribution in [0.2, 0.25) is 0 Å². The Morgan fingerprint density at radius 2 is 2.04 bits per heavy atom. The smallest absolute Gasteiger partial charge is 0.227 e. The maximum Gasteiger partial charge on any atom is 0.227 e. The van der Waals surface area contributed by atoms with Gasteiger partial charge in [-0.1, -0.05) is 24.3 Å². The second-order valence-corrected chi connectivity index (χ2v) is 7.76. The summed E-state index contributed by atoms with van der Waals surface area (Å²) in [5.74, 6) is 1.36. The van der Waals surface area contributed by atoms with Gasteiger partial charge in [-0.05, 0) is 49.6 Å². The topological polar surface area (TPSA) is 45.9 Å². The van der Waals surface area contributed by atoms with Gasteiger partial charge in [0.05, 0.1) is 31.4 Å². The molecular formula is C22H28N2O3. The fraction of sp³-hybridized carbons (Fsp3) is 0.500. The molecule has 144 valence electrons. The summed E-state index contributed by atoms with van der Waals surface area (Å²) in [7, 11) is 0. The number of hydrogen-bond donors (Lipinski definition) is 0. The lowest BCUT2D eigenvalue weighted by atomic mass is 9.94. The first-order valence-electron chi connectivity index (χ1n) is 9.88. The van der Waals surface area contributed by atoms with Crippen LogP contribution in [0.15, 0.2) is 47.1 Å². The fourth-order valence-electron chi connectivity index (χ4n) is 3.99. The third-order valence-electron chi connectivity index (χ3n) is 5.71. The van der Waals surface area contributed by atoms with Crippen LogP contribution in [-0.2, 0) is 22.7 Å². The van der Waals surface area contributed by atoms with Crippen molar-refractivity contribution in [3.8, 4) is 0 Å². The molecule has 0 saturated carbocycles. The molecule has 1 aromatic heterocycles. The summed E-state index contributed by atoms with van der Waals surface area (Å²) < 4.78 is 11.4. The van der Waals surface area contributed by atoms with Gasteiger partial charge >= 0.3 is 0 Å². The molecule has 5 heteroatoms. The molecule has 4 rings (SSSR count). The third-order valence-corrected chi connectivity index (χ3v) is 5.71. The molecule has 2 aliphatic rings. The Hall–Kier alpha value is -2.11. The summed E-state index contributed by atoms with van der Waals surface area (Å²) in [6.45, 7) is 6.82. The van der Waals surface area contributed by atoms with Crippen molar-refractivity contribution in [2.24, 2.45) is 5.92 Å². The Balaban J connectivity index is 1.22. The third kappa shape index (κ3) is 4.42. The van der Waals surface area contributed by atoms with E-state index >= 15 is 0 Å². The standard InChI is InChI=1S/C22H28N2O3/c1-17-6-2-3-7-19(17)16-27-21-14-24(15-21)22(25)18-8-4-10-23(12-18)13-20-9-5-11-26-20/h2-3,5-7,9,11,18,21H,4,8,10,12-16H2,1H3/t18-/m0/s1. The van der Waals surface area contributed by atoms with Crippen LogP contribution in [0.3, 0.4) is 0 Å². The normalized spacial score (nSPS) is 21.2. The van der Waals surface area contributed by atoms with E-state index in [1.165, 1.54) is 11.1 Å². The molecule has 1 atom stereocenters. The van der Waals surface area contributed by atoms with E-state index in [1.807, 2.05) is 29.2 Å². The zero-order chi connectivity index (χ0) is 18.6. The van der Waals surface area contributed by atoms with E-state index in [1.54, 1.807) is 6.26 Å². The molecule has 2 fully saturated rings. The van der Waals surface area contributed by atoms with Crippen molar-refractivity contribution >= 4 is 5.91 Å². The minimum absolute atomic E-state index is 0.103. The van der Waals surface area contributed by atoms with E-state index in [0.717, 1.165) is 51.3 Å². The van der Waals surface area contributed by atoms with Crippen molar-refractivity contribution in [3.63, 3.8) is 0 Å². The number of hydrogen-bond acceptors (Lipinski definition) is 4. The van der Waals surface area contributed by atoms with E-state index in [-0.39, 0.29) is 17.9 Å². The lowest BCUT2D eigenvalue weighted by Gasteiger charge is -2.42. The predicted octanol–water partition coefficient (Wildman–Crippen LogP) is 3.23. The summed E-state index contributed by atoms with van der Waals surface area (Å²) in [4.78, 5) is 17.1. The minimum atomic E-state index is 0.103. The van der Waals surface area contributed by atoms with Crippen molar-refractivity contribution in [3.05, 3.63) is 59.5 Å². The summed E-state index contributed by atoms with van der Waals surface area (Å²) >= 11 is 0. The first-order valence-corrected chi connectivity index (χ1v) is 9.88. The van der Waals surface area contributed by atoms with E-state index in [0.29, 0.717) is 6.61 Å². The summed E-state index contributed by atoms with van der Waals surface area (Å²) in [5.41, 5.74) is 2.48. The molecule has 3 heterocycles. The second kappa shape index (κ2) is 8.28. The molecule has 0 N–H and O–H groups in total. The number of ether oxygens (including phenoxy) is 1. The first-order chi connectivity index (χ1) is 13.2. The summed E-state index contributed by atoms with van der Waals surface area (Å²) in [6, 6.07) is 12.2. The van der Waals surface area contributed by atoms with Crippen LogP contribution in [0.25, 0.3) is 0 Å². The van der Waals surface area contributed by atoms with Gasteiger partial charge in [-0.3, -0.25) is 9.69 Å². The van der Waals surface area contributed by atoms with Gasteiger partial charge in [-0.15, -0.1) is 0 Å². The Morgan fingerprint density at radius 3 is 2.81 bits per heavy atom. The highest BCUT2D eigenvalue weighted by molar-refractivity contribution is 5.80. The molecule has 1 amide bonds. The molecule has 0 bridgehead atoms. The highest BCUT2D eigenvalue weighted by Gasteiger charge is 2.36. The number of carbonyl (C=O) groups excluding carboxylic acids is 1. The summed E-state index contributed by atoms with van der Waals surface area (Å²) in [6.07, 6.45) is 3.92. The zero-order valence-electron chi connectivity index (χ0n) is 16.0. The van der Waals surface area contributed by atoms with Crippen molar-refractivity contribution < 1.29 is 13.9 Å². The van der Waals surface area contributed by atoms with E-state index in [2.05, 4.69) is 24.0 Å². The molecule has 5 nitrogen and oxygen atoms in total. The maximum atomic E-state index is 12.8. The lowest BCUT2D eigenvalue weighted by molar-refractivity contribution is -0.152. The molecule has 0 spiro atoms. The Labute approximate surface area is 160 Å². The number of benzene rings is 1. The Kier molecular flexibility index (Phi) is 5.60. The van der Waals surface area contributed by atoms with Gasteiger partial charge in [0.2, 0.25) is 5.91 Å². The van der Waals surface area contributed by atoms with Gasteiger partial charge in [0.15, 0.2) is 0 Å². The SMILES string of the molecule is Cc1ccccc1COC1CN(C(=O)[C@H]2CCCN(Cc3ccco3)C2)C1. The minimum Gasteiger partial charge on any atom is -0.468 e. The molecule has 2 saturated heterocycles. The highest BCUT2D eigenvalue weighted by atomic mass is 16.5. The van der Waals surface area contributed by atoms with Crippen LogP contribution in [0, 0.1) is 12.8 Å². The highest BCUT2D eigenvalue weighted by Crippen LogP contribution is 2.24. The van der Waals surface area contributed by atoms with Crippen molar-refractivity contribution in [2.75, 3.05) is 26.2 Å². The van der Waals surface area contributed by atoms with E-state index in [4.69, 9.17) is 9.15 Å². The number of piperidine rings is 1. The molecule has 0 radical (unpaired) electrons. The van der Waals surface area contributed by atoms with Crippen LogP contribution >= 0.6 is 0 Å². The number of furan rings is 1. The quantitative estimate of drug-likeness (QED) is 0.785. The van der Waals surface area contributed by atoms with Gasteiger partial charge < -0.3 is 14.1 Å². The molecule has 27 heavy (non-hydrogen) atoms. The monoisotopic (exact) mass is 368 g/mol. The van der Waals surface area contributed by atoms with Crippen molar-refractivity contribution in [1.82, 2.24) is 9.80 Å². The predicted molar refractivity (Wildman–Crippen MR) is 103 cm³/mol. The molecule has 2 aromatic rings. The van der Waals surface area contributed by atoms with E-state index in [9.17, 15) is 4.79 Å².